The van der Waals surface area contributed by atoms with Gasteiger partial charge in [0.15, 0.2) is 0 Å². The van der Waals surface area contributed by atoms with E-state index in [1.54, 1.807) is 11.9 Å². The van der Waals surface area contributed by atoms with Gasteiger partial charge < -0.3 is 15.0 Å². The summed E-state index contributed by atoms with van der Waals surface area (Å²) in [7, 11) is 1.72. The number of likely N-dealkylation sites (N-methyl/N-ethyl adjacent to an activating group) is 1. The lowest BCUT2D eigenvalue weighted by molar-refractivity contribution is -0.127. The summed E-state index contributed by atoms with van der Waals surface area (Å²) < 4.78 is 5.67. The van der Waals surface area contributed by atoms with Gasteiger partial charge >= 0.3 is 6.03 Å². The van der Waals surface area contributed by atoms with E-state index in [2.05, 4.69) is 5.32 Å². The molecule has 126 valence electrons. The van der Waals surface area contributed by atoms with Crippen LogP contribution in [0.5, 0.6) is 0 Å². The summed E-state index contributed by atoms with van der Waals surface area (Å²) in [5.41, 5.74) is 2.41. The molecule has 6 nitrogen and oxygen atoms in total. The first-order valence-corrected chi connectivity index (χ1v) is 8.38. The van der Waals surface area contributed by atoms with Gasteiger partial charge in [-0.05, 0) is 18.4 Å². The maximum absolute atomic E-state index is 13.0. The number of hydrogen-bond acceptors (Lipinski definition) is 3. The molecule has 6 heteroatoms. The maximum Gasteiger partial charge on any atom is 0.322 e. The average Bonchev–Trinajstić information content (AvgIpc) is 3.22. The van der Waals surface area contributed by atoms with Gasteiger partial charge in [0.05, 0.1) is 30.0 Å². The van der Waals surface area contributed by atoms with Crippen LogP contribution in [0.15, 0.2) is 41.6 Å². The molecule has 4 rings (SSSR count). The van der Waals surface area contributed by atoms with Crippen molar-refractivity contribution in [2.45, 2.75) is 25.0 Å². The molecule has 0 bridgehead atoms. The minimum atomic E-state index is -0.383. The molecule has 3 aliphatic rings. The van der Waals surface area contributed by atoms with E-state index in [4.69, 9.17) is 4.74 Å². The number of nitrogens with zero attached hydrogens (tertiary/aromatic N) is 2. The monoisotopic (exact) mass is 327 g/mol. The Kier molecular flexibility index (Phi) is 3.76. The van der Waals surface area contributed by atoms with E-state index < -0.39 is 0 Å². The van der Waals surface area contributed by atoms with E-state index in [-0.39, 0.29) is 24.1 Å². The van der Waals surface area contributed by atoms with Gasteiger partial charge in [0, 0.05) is 20.2 Å². The van der Waals surface area contributed by atoms with Crippen LogP contribution in [0.1, 0.15) is 24.4 Å². The van der Waals surface area contributed by atoms with Crippen molar-refractivity contribution in [3.8, 4) is 0 Å². The van der Waals surface area contributed by atoms with Crippen LogP contribution in [0.2, 0.25) is 0 Å². The van der Waals surface area contributed by atoms with Crippen molar-refractivity contribution < 1.29 is 14.3 Å². The molecule has 3 heterocycles. The molecule has 1 saturated heterocycles. The molecule has 3 amide bonds. The van der Waals surface area contributed by atoms with Gasteiger partial charge in [-0.3, -0.25) is 9.69 Å². The van der Waals surface area contributed by atoms with E-state index in [1.165, 1.54) is 0 Å². The van der Waals surface area contributed by atoms with E-state index in [1.807, 2.05) is 35.2 Å². The van der Waals surface area contributed by atoms with Crippen LogP contribution in [0.3, 0.4) is 0 Å². The number of amides is 3. The fourth-order valence-electron chi connectivity index (χ4n) is 3.70. The summed E-state index contributed by atoms with van der Waals surface area (Å²) in [6, 6.07) is 9.10. The van der Waals surface area contributed by atoms with Gasteiger partial charge in [-0.25, -0.2) is 4.79 Å². The number of hydrogen-bond donors (Lipinski definition) is 1. The third kappa shape index (κ3) is 2.47. The largest absolute Gasteiger partial charge is 0.376 e. The molecule has 0 unspecified atom stereocenters. The van der Waals surface area contributed by atoms with Crippen molar-refractivity contribution in [1.29, 1.82) is 0 Å². The Balaban J connectivity index is 1.64. The van der Waals surface area contributed by atoms with E-state index in [0.29, 0.717) is 18.7 Å². The first-order chi connectivity index (χ1) is 11.6. The summed E-state index contributed by atoms with van der Waals surface area (Å²) in [4.78, 5) is 28.7. The Labute approximate surface area is 141 Å². The zero-order valence-electron chi connectivity index (χ0n) is 13.7. The second-order valence-electron chi connectivity index (χ2n) is 6.53. The molecular weight excluding hydrogens is 306 g/mol. The molecule has 2 atom stereocenters. The molecule has 3 aliphatic heterocycles. The molecule has 0 aliphatic carbocycles. The predicted octanol–water partition coefficient (Wildman–Crippen LogP) is 1.66. The molecular formula is C18H21N3O3. The minimum absolute atomic E-state index is 0.00111. The van der Waals surface area contributed by atoms with Gasteiger partial charge in [0.25, 0.3) is 5.91 Å². The Morgan fingerprint density at radius 2 is 2.04 bits per heavy atom. The summed E-state index contributed by atoms with van der Waals surface area (Å²) >= 11 is 0. The van der Waals surface area contributed by atoms with E-state index in [0.717, 1.165) is 30.7 Å². The molecule has 1 fully saturated rings. The number of rotatable bonds is 3. The molecule has 0 aromatic heterocycles. The zero-order chi connectivity index (χ0) is 16.7. The topological polar surface area (TPSA) is 61.9 Å². The Hall–Kier alpha value is -2.34. The number of carbonyl (C=O) groups is 2. The number of ether oxygens (including phenoxy) is 1. The van der Waals surface area contributed by atoms with Gasteiger partial charge in [-0.2, -0.15) is 0 Å². The van der Waals surface area contributed by atoms with Gasteiger partial charge in [-0.1, -0.05) is 30.3 Å². The van der Waals surface area contributed by atoms with Crippen LogP contribution in [0.25, 0.3) is 0 Å². The lowest BCUT2D eigenvalue weighted by Crippen LogP contribution is -2.45. The smallest absolute Gasteiger partial charge is 0.322 e. The summed E-state index contributed by atoms with van der Waals surface area (Å²) in [6.45, 7) is 1.84. The molecule has 1 N–H and O–H groups in total. The Morgan fingerprint density at radius 1 is 1.25 bits per heavy atom. The van der Waals surface area contributed by atoms with Crippen LogP contribution >= 0.6 is 0 Å². The number of nitrogens with one attached hydrogen (secondary N) is 1. The van der Waals surface area contributed by atoms with Crippen LogP contribution in [0.4, 0.5) is 4.79 Å². The molecule has 0 saturated carbocycles. The normalized spacial score (nSPS) is 26.9. The number of benzene rings is 1. The van der Waals surface area contributed by atoms with Crippen molar-refractivity contribution in [2.24, 2.45) is 0 Å². The lowest BCUT2D eigenvalue weighted by atomic mass is 9.96. The highest BCUT2D eigenvalue weighted by molar-refractivity contribution is 6.01. The second-order valence-corrected chi connectivity index (χ2v) is 6.53. The van der Waals surface area contributed by atoms with Gasteiger partial charge in [0.2, 0.25) is 0 Å². The van der Waals surface area contributed by atoms with Crippen molar-refractivity contribution in [1.82, 2.24) is 15.1 Å². The molecule has 24 heavy (non-hydrogen) atoms. The van der Waals surface area contributed by atoms with E-state index >= 15 is 0 Å². The molecule has 0 radical (unpaired) electrons. The van der Waals surface area contributed by atoms with Crippen molar-refractivity contribution in [3.05, 3.63) is 47.2 Å². The summed E-state index contributed by atoms with van der Waals surface area (Å²) in [6.07, 6.45) is 2.15. The van der Waals surface area contributed by atoms with Gasteiger partial charge in [-0.15, -0.1) is 0 Å². The van der Waals surface area contributed by atoms with Crippen molar-refractivity contribution >= 4 is 11.9 Å². The molecule has 0 spiro atoms. The van der Waals surface area contributed by atoms with Crippen molar-refractivity contribution in [2.75, 3.05) is 26.7 Å². The van der Waals surface area contributed by atoms with Crippen LogP contribution < -0.4 is 5.32 Å². The molecule has 1 aromatic rings. The lowest BCUT2D eigenvalue weighted by Gasteiger charge is -2.31. The predicted molar refractivity (Wildman–Crippen MR) is 88.1 cm³/mol. The number of carbonyl (C=O) groups excluding carboxylic acids is 2. The number of urea groups is 1. The van der Waals surface area contributed by atoms with Crippen LogP contribution in [0, 0.1) is 0 Å². The average molecular weight is 327 g/mol. The Bertz CT molecular complexity index is 695. The fourth-order valence-corrected chi connectivity index (χ4v) is 3.70. The highest BCUT2D eigenvalue weighted by Gasteiger charge is 2.43. The van der Waals surface area contributed by atoms with Gasteiger partial charge in [0.1, 0.15) is 0 Å². The summed E-state index contributed by atoms with van der Waals surface area (Å²) in [5, 5.41) is 2.95. The first kappa shape index (κ1) is 15.2. The quantitative estimate of drug-likeness (QED) is 0.918. The standard InChI is InChI=1S/C18H21N3O3/c1-20-14-11-21(10-13-8-5-9-24-13)17(22)15(14)16(19-18(20)23)12-6-3-2-4-7-12/h2-4,6-7,13,16H,5,8-11H2,1H3,(H,19,23)/t13-,16-/m0/s1. The third-order valence-electron chi connectivity index (χ3n) is 5.02. The Morgan fingerprint density at radius 3 is 2.75 bits per heavy atom. The SMILES string of the molecule is CN1C(=O)N[C@@H](c2ccccc2)C2=C1CN(C[C@@H]1CCCO1)C2=O. The summed E-state index contributed by atoms with van der Waals surface area (Å²) in [5.74, 6) is 0.00111. The maximum atomic E-state index is 13.0. The van der Waals surface area contributed by atoms with Crippen LogP contribution in [-0.2, 0) is 9.53 Å². The zero-order valence-corrected chi connectivity index (χ0v) is 13.7. The highest BCUT2D eigenvalue weighted by Crippen LogP contribution is 2.35. The van der Waals surface area contributed by atoms with Crippen LogP contribution in [-0.4, -0.2) is 54.6 Å². The van der Waals surface area contributed by atoms with Crippen molar-refractivity contribution in [3.63, 3.8) is 0 Å². The highest BCUT2D eigenvalue weighted by atomic mass is 16.5. The fraction of sp³-hybridized carbons (Fsp3) is 0.444. The minimum Gasteiger partial charge on any atom is -0.376 e. The molecule has 1 aromatic carbocycles. The first-order valence-electron chi connectivity index (χ1n) is 8.38. The second kappa shape index (κ2) is 5.94. The third-order valence-corrected chi connectivity index (χ3v) is 5.02. The van der Waals surface area contributed by atoms with E-state index in [9.17, 15) is 9.59 Å².